The van der Waals surface area contributed by atoms with Crippen molar-refractivity contribution < 1.29 is 9.53 Å². The molecule has 0 saturated heterocycles. The van der Waals surface area contributed by atoms with Crippen molar-refractivity contribution in [3.05, 3.63) is 74.3 Å². The summed E-state index contributed by atoms with van der Waals surface area (Å²) in [7, 11) is 1.62. The fourth-order valence-corrected chi connectivity index (χ4v) is 3.78. The lowest BCUT2D eigenvalue weighted by molar-refractivity contribution is 0.0940. The number of hydrogen-bond acceptors (Lipinski definition) is 4. The van der Waals surface area contributed by atoms with Crippen molar-refractivity contribution in [1.82, 2.24) is 14.9 Å². The summed E-state index contributed by atoms with van der Waals surface area (Å²) in [5.74, 6) is 0.262. The van der Waals surface area contributed by atoms with Crippen molar-refractivity contribution in [2.24, 2.45) is 0 Å². The fourth-order valence-electron chi connectivity index (χ4n) is 3.50. The van der Waals surface area contributed by atoms with Crippen LogP contribution in [-0.2, 0) is 11.3 Å². The molecule has 0 bridgehead atoms. The molecular weight excluding hydrogens is 410 g/mol. The number of methoxy groups -OCH3 is 1. The van der Waals surface area contributed by atoms with E-state index in [1.165, 1.54) is 10.1 Å². The molecule has 1 amide bonds. The van der Waals surface area contributed by atoms with E-state index in [-0.39, 0.29) is 17.5 Å². The molecule has 0 aliphatic heterocycles. The summed E-state index contributed by atoms with van der Waals surface area (Å²) >= 11 is 5.35. The predicted molar refractivity (Wildman–Crippen MR) is 126 cm³/mol. The molecule has 1 aromatic heterocycles. The molecule has 1 heterocycles. The summed E-state index contributed by atoms with van der Waals surface area (Å²) in [6.45, 7) is 7.29. The molecule has 0 aliphatic rings. The van der Waals surface area contributed by atoms with Crippen LogP contribution in [0.5, 0.6) is 0 Å². The van der Waals surface area contributed by atoms with Crippen LogP contribution in [0.25, 0.3) is 10.9 Å². The standard InChI is InChI=1S/C24H29N3O3S/c1-15(2)17-6-8-18(9-7-17)16(3)25-22(28)19-10-11-20-21(14-19)26-24(31)27(23(20)29)12-5-13-30-4/h6-11,14-16H,5,12-13H2,1-4H3,(H,25,28)(H,26,31). The van der Waals surface area contributed by atoms with Crippen molar-refractivity contribution >= 4 is 29.0 Å². The number of carbonyl (C=O) groups is 1. The van der Waals surface area contributed by atoms with Gasteiger partial charge in [0.05, 0.1) is 16.9 Å². The third kappa shape index (κ3) is 5.29. The first kappa shape index (κ1) is 22.9. The van der Waals surface area contributed by atoms with Crippen LogP contribution in [0.15, 0.2) is 47.3 Å². The van der Waals surface area contributed by atoms with E-state index in [4.69, 9.17) is 17.0 Å². The number of rotatable bonds is 8. The Morgan fingerprint density at radius 3 is 2.45 bits per heavy atom. The molecule has 2 aromatic carbocycles. The highest BCUT2D eigenvalue weighted by Gasteiger charge is 2.14. The van der Waals surface area contributed by atoms with Gasteiger partial charge in [-0.05, 0) is 60.8 Å². The minimum absolute atomic E-state index is 0.142. The summed E-state index contributed by atoms with van der Waals surface area (Å²) in [5, 5.41) is 3.52. The average molecular weight is 440 g/mol. The first-order chi connectivity index (χ1) is 14.8. The van der Waals surface area contributed by atoms with Crippen LogP contribution in [0.4, 0.5) is 0 Å². The van der Waals surface area contributed by atoms with Gasteiger partial charge in [0, 0.05) is 25.8 Å². The highest BCUT2D eigenvalue weighted by molar-refractivity contribution is 7.71. The van der Waals surface area contributed by atoms with Crippen molar-refractivity contribution in [1.29, 1.82) is 0 Å². The van der Waals surface area contributed by atoms with Crippen LogP contribution in [-0.4, -0.2) is 29.2 Å². The van der Waals surface area contributed by atoms with Gasteiger partial charge >= 0.3 is 0 Å². The highest BCUT2D eigenvalue weighted by Crippen LogP contribution is 2.19. The zero-order chi connectivity index (χ0) is 22.5. The van der Waals surface area contributed by atoms with Crippen LogP contribution in [0.1, 0.15) is 60.6 Å². The van der Waals surface area contributed by atoms with Gasteiger partial charge in [0.25, 0.3) is 11.5 Å². The normalized spacial score (nSPS) is 12.3. The smallest absolute Gasteiger partial charge is 0.262 e. The van der Waals surface area contributed by atoms with E-state index in [1.807, 2.05) is 19.1 Å². The topological polar surface area (TPSA) is 76.1 Å². The number of nitrogens with zero attached hydrogens (tertiary/aromatic N) is 1. The Hall–Kier alpha value is -2.77. The van der Waals surface area contributed by atoms with Crippen LogP contribution >= 0.6 is 12.2 Å². The number of hydrogen-bond donors (Lipinski definition) is 2. The number of aromatic nitrogens is 2. The van der Waals surface area contributed by atoms with Gasteiger partial charge in [0.15, 0.2) is 4.77 Å². The summed E-state index contributed by atoms with van der Waals surface area (Å²) in [5.41, 5.74) is 3.16. The van der Waals surface area contributed by atoms with E-state index in [1.54, 1.807) is 25.3 Å². The Kier molecular flexibility index (Phi) is 7.41. The van der Waals surface area contributed by atoms with E-state index in [9.17, 15) is 9.59 Å². The number of carbonyl (C=O) groups excluding carboxylic acids is 1. The van der Waals surface area contributed by atoms with Gasteiger partial charge in [0.2, 0.25) is 0 Å². The Balaban J connectivity index is 1.80. The van der Waals surface area contributed by atoms with E-state index in [0.29, 0.717) is 46.7 Å². The number of amides is 1. The molecule has 3 aromatic rings. The van der Waals surface area contributed by atoms with Crippen molar-refractivity contribution in [2.75, 3.05) is 13.7 Å². The van der Waals surface area contributed by atoms with Crippen LogP contribution < -0.4 is 10.9 Å². The highest BCUT2D eigenvalue weighted by atomic mass is 32.1. The molecule has 164 valence electrons. The molecular formula is C24H29N3O3S. The van der Waals surface area contributed by atoms with Gasteiger partial charge in [-0.2, -0.15) is 0 Å². The summed E-state index contributed by atoms with van der Waals surface area (Å²) in [6.07, 6.45) is 0.690. The second-order valence-electron chi connectivity index (χ2n) is 8.01. The Bertz CT molecular complexity index is 1180. The molecule has 0 aliphatic carbocycles. The van der Waals surface area contributed by atoms with E-state index in [2.05, 4.69) is 36.3 Å². The average Bonchev–Trinajstić information content (AvgIpc) is 2.75. The van der Waals surface area contributed by atoms with E-state index in [0.717, 1.165) is 5.56 Å². The monoisotopic (exact) mass is 439 g/mol. The minimum Gasteiger partial charge on any atom is -0.385 e. The number of ether oxygens (including phenoxy) is 1. The molecule has 0 saturated carbocycles. The lowest BCUT2D eigenvalue weighted by Gasteiger charge is -2.16. The lowest BCUT2D eigenvalue weighted by Crippen LogP contribution is -2.27. The predicted octanol–water partition coefficient (Wildman–Crippen LogP) is 4.71. The van der Waals surface area contributed by atoms with Gasteiger partial charge in [-0.25, -0.2) is 0 Å². The van der Waals surface area contributed by atoms with Crippen molar-refractivity contribution in [2.45, 2.75) is 45.7 Å². The van der Waals surface area contributed by atoms with Gasteiger partial charge in [0.1, 0.15) is 0 Å². The molecule has 31 heavy (non-hydrogen) atoms. The maximum atomic E-state index is 12.8. The fraction of sp³-hybridized carbons (Fsp3) is 0.375. The van der Waals surface area contributed by atoms with Gasteiger partial charge in [-0.1, -0.05) is 38.1 Å². The van der Waals surface area contributed by atoms with Gasteiger partial charge < -0.3 is 15.0 Å². The number of H-pyrrole nitrogens is 1. The summed E-state index contributed by atoms with van der Waals surface area (Å²) < 4.78 is 6.91. The number of fused-ring (bicyclic) bond motifs is 1. The lowest BCUT2D eigenvalue weighted by atomic mass is 9.99. The van der Waals surface area contributed by atoms with Crippen LogP contribution in [0, 0.1) is 4.77 Å². The number of nitrogens with one attached hydrogen (secondary N) is 2. The molecule has 7 heteroatoms. The minimum atomic E-state index is -0.203. The van der Waals surface area contributed by atoms with Gasteiger partial charge in [-0.15, -0.1) is 0 Å². The molecule has 1 atom stereocenters. The zero-order valence-electron chi connectivity index (χ0n) is 18.4. The third-order valence-electron chi connectivity index (χ3n) is 5.42. The molecule has 0 spiro atoms. The molecule has 2 N–H and O–H groups in total. The number of aromatic amines is 1. The Morgan fingerprint density at radius 1 is 1.13 bits per heavy atom. The maximum Gasteiger partial charge on any atom is 0.262 e. The molecule has 3 rings (SSSR count). The maximum absolute atomic E-state index is 12.8. The molecule has 1 unspecified atom stereocenters. The second-order valence-corrected chi connectivity index (χ2v) is 8.40. The van der Waals surface area contributed by atoms with E-state index < -0.39 is 0 Å². The van der Waals surface area contributed by atoms with Gasteiger partial charge in [-0.3, -0.25) is 14.2 Å². The van der Waals surface area contributed by atoms with Crippen molar-refractivity contribution in [3.63, 3.8) is 0 Å². The zero-order valence-corrected chi connectivity index (χ0v) is 19.2. The van der Waals surface area contributed by atoms with Crippen LogP contribution in [0.2, 0.25) is 0 Å². The third-order valence-corrected chi connectivity index (χ3v) is 5.75. The number of benzene rings is 2. The summed E-state index contributed by atoms with van der Waals surface area (Å²) in [4.78, 5) is 28.7. The summed E-state index contributed by atoms with van der Waals surface area (Å²) in [6, 6.07) is 13.2. The Labute approximate surface area is 187 Å². The Morgan fingerprint density at radius 2 is 1.81 bits per heavy atom. The molecule has 0 fully saturated rings. The quantitative estimate of drug-likeness (QED) is 0.394. The largest absolute Gasteiger partial charge is 0.385 e. The van der Waals surface area contributed by atoms with E-state index >= 15 is 0 Å². The first-order valence-electron chi connectivity index (χ1n) is 10.5. The molecule has 0 radical (unpaired) electrons. The van der Waals surface area contributed by atoms with Crippen molar-refractivity contribution in [3.8, 4) is 0 Å². The SMILES string of the molecule is COCCCn1c(=S)[nH]c2cc(C(=O)NC(C)c3ccc(C(C)C)cc3)ccc2c1=O. The first-order valence-corrected chi connectivity index (χ1v) is 10.9. The molecule has 6 nitrogen and oxygen atoms in total. The second kappa shape index (κ2) is 10.0. The van der Waals surface area contributed by atoms with Crippen LogP contribution in [0.3, 0.4) is 0 Å².